The number of carbonyl (C=O) groups is 6. The van der Waals surface area contributed by atoms with Crippen LogP contribution in [0.2, 0.25) is 0 Å². The Hall–Kier alpha value is -16.7. The maximum atomic E-state index is 15.9. The summed E-state index contributed by atoms with van der Waals surface area (Å²) in [5.41, 5.74) is 17.3. The quantitative estimate of drug-likeness (QED) is 0.0424. The Morgan fingerprint density at radius 1 is 0.268 bits per heavy atom. The normalized spacial score (nSPS) is 13.8. The number of aromatic nitrogens is 2. The zero-order valence-corrected chi connectivity index (χ0v) is 78.4. The zero-order valence-electron chi connectivity index (χ0n) is 78.4. The van der Waals surface area contributed by atoms with E-state index in [0.29, 0.717) is 91.7 Å². The lowest BCUT2D eigenvalue weighted by Gasteiger charge is -2.34. The molecule has 21 aromatic rings. The number of hydrogen-bond acceptors (Lipinski definition) is 9. The Kier molecular flexibility index (Phi) is 19.7. The molecule has 0 radical (unpaired) electrons. The Balaban J connectivity index is 0.493. The summed E-state index contributed by atoms with van der Waals surface area (Å²) in [7, 11) is 2.07. The van der Waals surface area contributed by atoms with Crippen LogP contribution in [0, 0.1) is 35.5 Å². The van der Waals surface area contributed by atoms with Gasteiger partial charge in [-0.05, 0) is 309 Å². The van der Waals surface area contributed by atoms with Gasteiger partial charge in [0.25, 0.3) is 35.4 Å². The molecule has 0 saturated carbocycles. The van der Waals surface area contributed by atoms with Crippen molar-refractivity contribution < 1.29 is 28.8 Å². The van der Waals surface area contributed by atoms with Crippen LogP contribution in [0.5, 0.6) is 0 Å². The molecule has 5 heterocycles. The Labute approximate surface area is 798 Å². The highest BCUT2D eigenvalue weighted by Crippen LogP contribution is 2.54. The van der Waals surface area contributed by atoms with Crippen LogP contribution < -0.4 is 19.6 Å². The SMILES string of the molecule is CC(C)c1cccc(C(C)CCC(C)c2cccc(C(C)C)c2N2C(=O)c3ccc4c5cccc6c(C#Cc7ccccn7)ccc(c7ccc(c3c47)C2=O)c65)c1N1C(=O)c2ccc3c4cccc5c(C#Cc6ccc(N(C)Cc7ccc(C(C)C)c(N8C(=O)c9ccc%10c%11cccc%12c(C#Cc%13ccncc%13)ccc(c%13ccc(c9c%10%13)C8=O)c%12%11)c7C(C)C)cc6)ccc(c6ccc(c2c36)C1=O)c54. The molecule has 0 spiro atoms. The summed E-state index contributed by atoms with van der Waals surface area (Å²) >= 11 is 0. The Morgan fingerprint density at radius 2 is 0.594 bits per heavy atom. The maximum Gasteiger partial charge on any atom is 0.266 e. The third kappa shape index (κ3) is 12.8. The highest BCUT2D eigenvalue weighted by Gasteiger charge is 2.44. The highest BCUT2D eigenvalue weighted by molar-refractivity contribution is 6.46. The fourth-order valence-electron chi connectivity index (χ4n) is 23.2. The lowest BCUT2D eigenvalue weighted by atomic mass is 9.82. The molecule has 2 unspecified atom stereocenters. The van der Waals surface area contributed by atoms with Crippen molar-refractivity contribution in [2.24, 2.45) is 0 Å². The minimum absolute atomic E-state index is 0.0123. The van der Waals surface area contributed by atoms with E-state index in [4.69, 9.17) is 0 Å². The summed E-state index contributed by atoms with van der Waals surface area (Å²) in [6, 6.07) is 89.8. The molecular formula is C126H92N6O6. The van der Waals surface area contributed by atoms with Gasteiger partial charge in [0.1, 0.15) is 5.69 Å². The number of imide groups is 3. The van der Waals surface area contributed by atoms with Crippen LogP contribution in [0.15, 0.2) is 286 Å². The molecule has 0 saturated heterocycles. The van der Waals surface area contributed by atoms with Gasteiger partial charge in [-0.25, -0.2) is 19.7 Å². The first-order chi connectivity index (χ1) is 67.1. The van der Waals surface area contributed by atoms with Crippen molar-refractivity contribution in [3.05, 3.63) is 391 Å². The van der Waals surface area contributed by atoms with Crippen molar-refractivity contribution in [3.63, 3.8) is 0 Å². The Morgan fingerprint density at radius 3 is 0.964 bits per heavy atom. The second-order valence-corrected chi connectivity index (χ2v) is 39.0. The predicted octanol–water partition coefficient (Wildman–Crippen LogP) is 29.0. The molecule has 19 aromatic carbocycles. The van der Waals surface area contributed by atoms with Crippen molar-refractivity contribution in [2.45, 2.75) is 124 Å². The predicted molar refractivity (Wildman–Crippen MR) is 563 cm³/mol. The molecule has 2 aromatic heterocycles. The summed E-state index contributed by atoms with van der Waals surface area (Å²) in [6.45, 7) is 21.8. The van der Waals surface area contributed by atoms with Gasteiger partial charge in [-0.15, -0.1) is 0 Å². The van der Waals surface area contributed by atoms with E-state index in [0.717, 1.165) is 186 Å². The van der Waals surface area contributed by atoms with E-state index < -0.39 is 0 Å². The van der Waals surface area contributed by atoms with E-state index >= 15 is 28.8 Å². The minimum Gasteiger partial charge on any atom is -0.370 e. The largest absolute Gasteiger partial charge is 0.370 e. The molecule has 138 heavy (non-hydrogen) atoms. The smallest absolute Gasteiger partial charge is 0.266 e. The van der Waals surface area contributed by atoms with Gasteiger partial charge in [-0.2, -0.15) is 0 Å². The number of para-hydroxylation sites is 2. The fraction of sp³-hybridized carbons (Fsp3) is 0.159. The number of amides is 6. The number of anilines is 4. The van der Waals surface area contributed by atoms with E-state index in [1.54, 1.807) is 18.6 Å². The summed E-state index contributed by atoms with van der Waals surface area (Å²) < 4.78 is 0. The van der Waals surface area contributed by atoms with E-state index in [-0.39, 0.29) is 71.0 Å². The van der Waals surface area contributed by atoms with Gasteiger partial charge < -0.3 is 4.90 Å². The third-order valence-electron chi connectivity index (χ3n) is 29.8. The minimum atomic E-state index is -0.371. The summed E-state index contributed by atoms with van der Waals surface area (Å²) in [5, 5.41) is 22.8. The standard InChI is InChI=1S/C126H92N6O6/c1-68(2)82-20-14-22-85(72(9)30-31-73(10)86-23-15-21-83(69(3)4)119(86)131-122(134)103-57-51-97-92-29-18-26-89-78(38-43-80-19-12-13-64-128-80)41-49-95(111(89)92)100-54-60-105(124(131)136)116(103)113(97)100)118(82)130-121(133)102-56-50-96-90-27-16-24-87-76(39-47-93(109(87)90)99-53-59-104(123(130)135)115(102)112(96)99)36-32-74-34-44-81(45-35-74)129(11)67-79-42-46-84(70(5)6)120(108(79)71(7)8)132-125(137)106-58-52-98-91-28-17-25-88-77(37-33-75-62-65-127-66-63-75)40-48-94(110(88)91)101-55-61-107(126(132)138)117(106)114(98)101/h12-29,34-35,39-42,44-66,68-73H,30-31,67H2,1-11H3. The summed E-state index contributed by atoms with van der Waals surface area (Å²) in [4.78, 5) is 110. The van der Waals surface area contributed by atoms with Crippen LogP contribution in [0.1, 0.15) is 252 Å². The van der Waals surface area contributed by atoms with Crippen molar-refractivity contribution >= 4 is 187 Å². The van der Waals surface area contributed by atoms with Gasteiger partial charge >= 0.3 is 0 Å². The van der Waals surface area contributed by atoms with Crippen LogP contribution in [-0.4, -0.2) is 52.5 Å². The van der Waals surface area contributed by atoms with Gasteiger partial charge in [-0.1, -0.05) is 263 Å². The first-order valence-corrected chi connectivity index (χ1v) is 47.8. The maximum absolute atomic E-state index is 15.9. The number of hydrogen-bond donors (Lipinski definition) is 0. The third-order valence-corrected chi connectivity index (χ3v) is 29.8. The number of fused-ring (bicyclic) bond motifs is 6. The number of nitrogens with zero attached hydrogens (tertiary/aromatic N) is 6. The lowest BCUT2D eigenvalue weighted by Crippen LogP contribution is -2.42. The van der Waals surface area contributed by atoms with Crippen LogP contribution >= 0.6 is 0 Å². The summed E-state index contributed by atoms with van der Waals surface area (Å²) in [6.07, 6.45) is 6.54. The molecule has 12 nitrogen and oxygen atoms in total. The van der Waals surface area contributed by atoms with E-state index in [1.165, 1.54) is 14.7 Å². The molecule has 12 heteroatoms. The van der Waals surface area contributed by atoms with Gasteiger partial charge in [0, 0.05) is 115 Å². The molecule has 24 rings (SSSR count). The van der Waals surface area contributed by atoms with Gasteiger partial charge in [0.05, 0.1) is 17.1 Å². The van der Waals surface area contributed by atoms with Crippen LogP contribution in [0.3, 0.4) is 0 Å². The molecule has 6 amide bonds. The van der Waals surface area contributed by atoms with Crippen molar-refractivity contribution in [3.8, 4) is 35.5 Å². The topological polar surface area (TPSA) is 141 Å². The number of pyridine rings is 2. The van der Waals surface area contributed by atoms with E-state index in [2.05, 4.69) is 303 Å². The molecule has 662 valence electrons. The Bertz CT molecular complexity index is 8960. The van der Waals surface area contributed by atoms with Gasteiger partial charge in [0.15, 0.2) is 0 Å². The summed E-state index contributed by atoms with van der Waals surface area (Å²) in [5.74, 6) is 17.9. The average Bonchev–Trinajstić information content (AvgIpc) is 0.701. The second kappa shape index (κ2) is 32.3. The van der Waals surface area contributed by atoms with Gasteiger partial charge in [0.2, 0.25) is 0 Å². The molecule has 0 bridgehead atoms. The van der Waals surface area contributed by atoms with Crippen molar-refractivity contribution in [1.82, 2.24) is 9.97 Å². The van der Waals surface area contributed by atoms with Crippen LogP contribution in [-0.2, 0) is 6.54 Å². The van der Waals surface area contributed by atoms with E-state index in [9.17, 15) is 0 Å². The van der Waals surface area contributed by atoms with Crippen LogP contribution in [0.25, 0.3) is 129 Å². The number of rotatable bonds is 15. The molecule has 0 aliphatic carbocycles. The average molecular weight is 1790 g/mol. The first-order valence-electron chi connectivity index (χ1n) is 47.8. The lowest BCUT2D eigenvalue weighted by molar-refractivity contribution is 0.0877. The van der Waals surface area contributed by atoms with Crippen LogP contribution in [0.4, 0.5) is 22.7 Å². The van der Waals surface area contributed by atoms with Gasteiger partial charge in [-0.3, -0.25) is 33.8 Å². The highest BCUT2D eigenvalue weighted by atomic mass is 16.2. The molecule has 0 N–H and O–H groups in total. The molecule has 2 atom stereocenters. The van der Waals surface area contributed by atoms with Crippen molar-refractivity contribution in [1.29, 1.82) is 0 Å². The zero-order chi connectivity index (χ0) is 94.4. The molecular weight excluding hydrogens is 1690 g/mol. The molecule has 3 aliphatic rings. The fourth-order valence-corrected chi connectivity index (χ4v) is 23.2. The second-order valence-electron chi connectivity index (χ2n) is 39.0. The van der Waals surface area contributed by atoms with E-state index in [1.807, 2.05) is 91.0 Å². The number of benzene rings is 19. The number of carbonyl (C=O) groups excluding carboxylic acids is 6. The van der Waals surface area contributed by atoms with Crippen molar-refractivity contribution in [2.75, 3.05) is 26.6 Å². The monoisotopic (exact) mass is 1780 g/mol. The molecule has 3 aliphatic heterocycles. The first kappa shape index (κ1) is 84.3. The molecule has 0 fully saturated rings.